The van der Waals surface area contributed by atoms with E-state index in [4.69, 9.17) is 0 Å². The molecule has 0 fully saturated rings. The molecular weight excluding hydrogens is 186 g/mol. The van der Waals surface area contributed by atoms with Gasteiger partial charge >= 0.3 is 0 Å². The van der Waals surface area contributed by atoms with Gasteiger partial charge in [0.1, 0.15) is 0 Å². The van der Waals surface area contributed by atoms with E-state index in [2.05, 4.69) is 26.9 Å². The third-order valence-corrected chi connectivity index (χ3v) is 1.95. The highest BCUT2D eigenvalue weighted by atomic mass is 32.2. The van der Waals surface area contributed by atoms with Gasteiger partial charge in [-0.1, -0.05) is 18.3 Å². The number of thioether (sulfide) groups is 1. The van der Waals surface area contributed by atoms with Gasteiger partial charge in [-0.05, 0) is 6.26 Å². The van der Waals surface area contributed by atoms with Crippen molar-refractivity contribution in [1.82, 2.24) is 15.4 Å². The Balaban J connectivity index is 3.06. The van der Waals surface area contributed by atoms with Crippen molar-refractivity contribution in [2.75, 3.05) is 13.4 Å². The van der Waals surface area contributed by atoms with Crippen molar-refractivity contribution in [1.29, 1.82) is 0 Å². The highest BCUT2D eigenvalue weighted by molar-refractivity contribution is 7.98. The standard InChI is InChI=1S/C8H11N3OS/c1-6-7(5-10-12-2)4-9-8(11-6)13-3/h4-5,10H,1H2,2-3H3/b7-5-. The van der Waals surface area contributed by atoms with Crippen LogP contribution in [0.5, 0.6) is 0 Å². The second-order valence-electron chi connectivity index (χ2n) is 2.23. The minimum atomic E-state index is 0.684. The van der Waals surface area contributed by atoms with E-state index in [0.29, 0.717) is 5.35 Å². The lowest BCUT2D eigenvalue weighted by Crippen LogP contribution is -2.30. The molecule has 1 N–H and O–H groups in total. The van der Waals surface area contributed by atoms with Gasteiger partial charge in [0.2, 0.25) is 0 Å². The Hall–Kier alpha value is -1.07. The van der Waals surface area contributed by atoms with E-state index in [1.54, 1.807) is 12.4 Å². The number of hydrogen-bond acceptors (Lipinski definition) is 5. The van der Waals surface area contributed by atoms with Crippen molar-refractivity contribution in [3.05, 3.63) is 16.8 Å². The van der Waals surface area contributed by atoms with Crippen LogP contribution in [-0.2, 0) is 4.84 Å². The van der Waals surface area contributed by atoms with Crippen LogP contribution in [0.3, 0.4) is 0 Å². The van der Waals surface area contributed by atoms with Gasteiger partial charge in [-0.3, -0.25) is 10.3 Å². The predicted molar refractivity (Wildman–Crippen MR) is 53.2 cm³/mol. The van der Waals surface area contributed by atoms with E-state index < -0.39 is 0 Å². The highest BCUT2D eigenvalue weighted by Crippen LogP contribution is 2.00. The molecule has 0 aliphatic carbocycles. The van der Waals surface area contributed by atoms with Gasteiger partial charge in [-0.15, -0.1) is 0 Å². The molecule has 0 spiro atoms. The quantitative estimate of drug-likeness (QED) is 0.402. The Bertz CT molecular complexity index is 379. The van der Waals surface area contributed by atoms with Crippen LogP contribution in [0.2, 0.25) is 0 Å². The van der Waals surface area contributed by atoms with Crippen molar-refractivity contribution < 1.29 is 4.84 Å². The van der Waals surface area contributed by atoms with E-state index in [1.165, 1.54) is 18.9 Å². The van der Waals surface area contributed by atoms with Crippen LogP contribution >= 0.6 is 11.8 Å². The average molecular weight is 197 g/mol. The molecule has 0 saturated carbocycles. The van der Waals surface area contributed by atoms with E-state index in [0.717, 1.165) is 10.4 Å². The fourth-order valence-electron chi connectivity index (χ4n) is 0.749. The summed E-state index contributed by atoms with van der Waals surface area (Å²) in [6.07, 6.45) is 5.28. The van der Waals surface area contributed by atoms with Crippen molar-refractivity contribution >= 4 is 24.5 Å². The van der Waals surface area contributed by atoms with E-state index in [9.17, 15) is 0 Å². The highest BCUT2D eigenvalue weighted by Gasteiger charge is 1.91. The number of nitrogens with one attached hydrogen (secondary N) is 1. The van der Waals surface area contributed by atoms with Gasteiger partial charge in [0.15, 0.2) is 5.16 Å². The largest absolute Gasteiger partial charge is 0.280 e. The zero-order valence-corrected chi connectivity index (χ0v) is 8.39. The van der Waals surface area contributed by atoms with Crippen molar-refractivity contribution in [3.63, 3.8) is 0 Å². The Kier molecular flexibility index (Phi) is 3.72. The van der Waals surface area contributed by atoms with Crippen molar-refractivity contribution in [2.45, 2.75) is 5.16 Å². The molecule has 13 heavy (non-hydrogen) atoms. The Labute approximate surface area is 80.7 Å². The molecule has 0 aliphatic rings. The molecule has 0 saturated heterocycles. The third-order valence-electron chi connectivity index (χ3n) is 1.39. The minimum absolute atomic E-state index is 0.684. The molecule has 1 heterocycles. The first-order valence-electron chi connectivity index (χ1n) is 3.62. The number of nitrogens with zero attached hydrogens (tertiary/aromatic N) is 2. The van der Waals surface area contributed by atoms with Gasteiger partial charge in [0.05, 0.1) is 12.5 Å². The maximum atomic E-state index is 4.66. The van der Waals surface area contributed by atoms with Gasteiger partial charge in [0.25, 0.3) is 0 Å². The number of rotatable bonds is 3. The zero-order valence-electron chi connectivity index (χ0n) is 7.57. The molecule has 5 heteroatoms. The molecule has 4 nitrogen and oxygen atoms in total. The summed E-state index contributed by atoms with van der Waals surface area (Å²) >= 11 is 1.49. The Morgan fingerprint density at radius 2 is 2.46 bits per heavy atom. The van der Waals surface area contributed by atoms with Gasteiger partial charge in [0, 0.05) is 17.6 Å². The fraction of sp³-hybridized carbons (Fsp3) is 0.250. The van der Waals surface area contributed by atoms with Crippen LogP contribution in [0.1, 0.15) is 0 Å². The van der Waals surface area contributed by atoms with Crippen LogP contribution in [-0.4, -0.2) is 23.3 Å². The summed E-state index contributed by atoms with van der Waals surface area (Å²) in [5.74, 6) is 0. The monoisotopic (exact) mass is 197 g/mol. The smallest absolute Gasteiger partial charge is 0.187 e. The van der Waals surface area contributed by atoms with Crippen LogP contribution < -0.4 is 16.0 Å². The normalized spacial score (nSPS) is 11.7. The third kappa shape index (κ3) is 2.71. The topological polar surface area (TPSA) is 47.0 Å². The maximum absolute atomic E-state index is 4.66. The Morgan fingerprint density at radius 1 is 1.69 bits per heavy atom. The SMILES string of the molecule is C=c1nc(SC)nc/c1=C/NOC. The second kappa shape index (κ2) is 4.84. The average Bonchev–Trinajstić information content (AvgIpc) is 2.16. The second-order valence-corrected chi connectivity index (χ2v) is 3.00. The van der Waals surface area contributed by atoms with Crippen LogP contribution in [0.15, 0.2) is 11.4 Å². The van der Waals surface area contributed by atoms with Crippen LogP contribution in [0.25, 0.3) is 12.8 Å². The molecule has 0 amide bonds. The summed E-state index contributed by atoms with van der Waals surface area (Å²) in [5, 5.41) is 2.23. The molecule has 0 aromatic carbocycles. The molecule has 1 aromatic rings. The summed E-state index contributed by atoms with van der Waals surface area (Å²) in [6, 6.07) is 0. The lowest BCUT2D eigenvalue weighted by atomic mass is 10.4. The zero-order chi connectivity index (χ0) is 9.68. The first-order chi connectivity index (χ1) is 6.27. The summed E-state index contributed by atoms with van der Waals surface area (Å²) < 4.78 is 0. The van der Waals surface area contributed by atoms with Gasteiger partial charge in [-0.2, -0.15) is 0 Å². The summed E-state index contributed by atoms with van der Waals surface area (Å²) in [7, 11) is 1.54. The van der Waals surface area contributed by atoms with Crippen LogP contribution in [0, 0.1) is 0 Å². The lowest BCUT2D eigenvalue weighted by molar-refractivity contribution is 0.141. The van der Waals surface area contributed by atoms with Gasteiger partial charge in [-0.25, -0.2) is 9.97 Å². The number of hydroxylamine groups is 1. The molecular formula is C8H11N3OS. The van der Waals surface area contributed by atoms with Crippen molar-refractivity contribution in [3.8, 4) is 0 Å². The van der Waals surface area contributed by atoms with E-state index in [1.807, 2.05) is 6.26 Å². The molecule has 0 unspecified atom stereocenters. The number of hydrogen-bond donors (Lipinski definition) is 1. The first kappa shape index (κ1) is 10.0. The first-order valence-corrected chi connectivity index (χ1v) is 4.85. The predicted octanol–water partition coefficient (Wildman–Crippen LogP) is -0.502. The maximum Gasteiger partial charge on any atom is 0.187 e. The molecule has 0 aliphatic heterocycles. The minimum Gasteiger partial charge on any atom is -0.280 e. The molecule has 0 atom stereocenters. The molecule has 70 valence electrons. The fourth-order valence-corrected chi connectivity index (χ4v) is 1.11. The summed E-state index contributed by atoms with van der Waals surface area (Å²) in [4.78, 5) is 12.9. The Morgan fingerprint density at radius 3 is 3.00 bits per heavy atom. The van der Waals surface area contributed by atoms with E-state index >= 15 is 0 Å². The van der Waals surface area contributed by atoms with Crippen molar-refractivity contribution in [2.24, 2.45) is 0 Å². The molecule has 0 bridgehead atoms. The van der Waals surface area contributed by atoms with Gasteiger partial charge < -0.3 is 0 Å². The molecule has 0 radical (unpaired) electrons. The molecule has 1 aromatic heterocycles. The van der Waals surface area contributed by atoms with E-state index in [-0.39, 0.29) is 0 Å². The lowest BCUT2D eigenvalue weighted by Gasteiger charge is -1.95. The summed E-state index contributed by atoms with van der Waals surface area (Å²) in [6.45, 7) is 3.79. The molecule has 1 rings (SSSR count). The number of aromatic nitrogens is 2. The summed E-state index contributed by atoms with van der Waals surface area (Å²) in [5.41, 5.74) is 2.59. The van der Waals surface area contributed by atoms with Crippen LogP contribution in [0.4, 0.5) is 0 Å².